The van der Waals surface area contributed by atoms with Crippen LogP contribution in [-0.4, -0.2) is 23.4 Å². The summed E-state index contributed by atoms with van der Waals surface area (Å²) in [7, 11) is 0. The molecule has 0 bridgehead atoms. The number of fused-ring (bicyclic) bond motifs is 1. The van der Waals surface area contributed by atoms with Crippen LogP contribution in [0.25, 0.3) is 0 Å². The summed E-state index contributed by atoms with van der Waals surface area (Å²) >= 11 is 0. The topological polar surface area (TPSA) is 32.3 Å². The third kappa shape index (κ3) is 4.13. The predicted molar refractivity (Wildman–Crippen MR) is 100 cm³/mol. The van der Waals surface area contributed by atoms with Crippen molar-refractivity contribution in [2.24, 2.45) is 0 Å². The highest BCUT2D eigenvalue weighted by Crippen LogP contribution is 2.30. The molecule has 1 fully saturated rings. The number of aryl methyl sites for hydroxylation is 1. The number of hydrogen-bond donors (Lipinski definition) is 1. The molecule has 0 saturated heterocycles. The van der Waals surface area contributed by atoms with E-state index >= 15 is 0 Å². The van der Waals surface area contributed by atoms with Gasteiger partial charge >= 0.3 is 0 Å². The lowest BCUT2D eigenvalue weighted by Gasteiger charge is -2.28. The molecule has 0 aliphatic heterocycles. The van der Waals surface area contributed by atoms with Gasteiger partial charge in [-0.2, -0.15) is 0 Å². The summed E-state index contributed by atoms with van der Waals surface area (Å²) in [5.41, 5.74) is 3.67. The standard InChI is InChI=1S/C22H25FN2O/c23-18-10-8-16(9-11-18)14-25(19-12-13-19)15-22(26)24-21-7-3-5-17-4-1-2-6-20(17)21/h1-2,4,6,8-11,19,21H,3,5,7,12-15H2,(H,24,26)/t21-/m0/s1. The van der Waals surface area contributed by atoms with Crippen LogP contribution in [0.2, 0.25) is 0 Å². The molecule has 2 aromatic rings. The fraction of sp³-hybridized carbons (Fsp3) is 0.409. The van der Waals surface area contributed by atoms with E-state index < -0.39 is 0 Å². The average Bonchev–Trinajstić information content (AvgIpc) is 3.48. The van der Waals surface area contributed by atoms with Crippen molar-refractivity contribution >= 4 is 5.91 Å². The number of carbonyl (C=O) groups is 1. The number of amides is 1. The molecular formula is C22H25FN2O. The summed E-state index contributed by atoms with van der Waals surface area (Å²) in [5, 5.41) is 3.24. The first-order chi connectivity index (χ1) is 12.7. The maximum atomic E-state index is 13.1. The SMILES string of the molecule is O=C(CN(Cc1ccc(F)cc1)C1CC1)N[C@H]1CCCc2ccccc21. The Kier molecular flexibility index (Phi) is 5.02. The molecule has 2 aliphatic carbocycles. The summed E-state index contributed by atoms with van der Waals surface area (Å²) in [4.78, 5) is 14.9. The monoisotopic (exact) mass is 352 g/mol. The van der Waals surface area contributed by atoms with Gasteiger partial charge < -0.3 is 5.32 Å². The number of rotatable bonds is 6. The molecule has 1 N–H and O–H groups in total. The molecule has 136 valence electrons. The van der Waals surface area contributed by atoms with Gasteiger partial charge in [0.05, 0.1) is 12.6 Å². The minimum atomic E-state index is -0.222. The van der Waals surface area contributed by atoms with Crippen molar-refractivity contribution in [3.8, 4) is 0 Å². The van der Waals surface area contributed by atoms with Gasteiger partial charge in [-0.1, -0.05) is 36.4 Å². The van der Waals surface area contributed by atoms with E-state index in [0.29, 0.717) is 19.1 Å². The van der Waals surface area contributed by atoms with Crippen molar-refractivity contribution in [1.82, 2.24) is 10.2 Å². The van der Waals surface area contributed by atoms with Crippen LogP contribution in [0.4, 0.5) is 4.39 Å². The summed E-state index contributed by atoms with van der Waals surface area (Å²) < 4.78 is 13.1. The second kappa shape index (κ2) is 7.58. The molecule has 4 heteroatoms. The maximum Gasteiger partial charge on any atom is 0.234 e. The number of halogens is 1. The Morgan fingerprint density at radius 3 is 2.62 bits per heavy atom. The largest absolute Gasteiger partial charge is 0.348 e. The van der Waals surface area contributed by atoms with Crippen LogP contribution in [-0.2, 0) is 17.8 Å². The summed E-state index contributed by atoms with van der Waals surface area (Å²) in [6.45, 7) is 1.10. The molecule has 1 amide bonds. The molecule has 0 aromatic heterocycles. The van der Waals surface area contributed by atoms with Gasteiger partial charge in [0.2, 0.25) is 5.91 Å². The Balaban J connectivity index is 1.39. The number of nitrogens with zero attached hydrogens (tertiary/aromatic N) is 1. The fourth-order valence-electron chi connectivity index (χ4n) is 3.91. The van der Waals surface area contributed by atoms with Crippen LogP contribution in [0.15, 0.2) is 48.5 Å². The second-order valence-electron chi connectivity index (χ2n) is 7.47. The van der Waals surface area contributed by atoms with Gasteiger partial charge in [-0.3, -0.25) is 9.69 Å². The molecule has 3 nitrogen and oxygen atoms in total. The zero-order valence-corrected chi connectivity index (χ0v) is 15.0. The maximum absolute atomic E-state index is 13.1. The van der Waals surface area contributed by atoms with E-state index in [0.717, 1.165) is 37.7 Å². The smallest absolute Gasteiger partial charge is 0.234 e. The third-order valence-corrected chi connectivity index (χ3v) is 5.41. The van der Waals surface area contributed by atoms with Gasteiger partial charge in [-0.25, -0.2) is 4.39 Å². The van der Waals surface area contributed by atoms with E-state index in [-0.39, 0.29) is 17.8 Å². The van der Waals surface area contributed by atoms with Crippen LogP contribution in [0, 0.1) is 5.82 Å². The lowest BCUT2D eigenvalue weighted by atomic mass is 9.88. The Bertz CT molecular complexity index is 770. The normalized spacial score (nSPS) is 19.2. The summed E-state index contributed by atoms with van der Waals surface area (Å²) in [5.74, 6) is -0.138. The van der Waals surface area contributed by atoms with E-state index in [4.69, 9.17) is 0 Å². The molecule has 0 unspecified atom stereocenters. The summed E-state index contributed by atoms with van der Waals surface area (Å²) in [6, 6.07) is 15.6. The van der Waals surface area contributed by atoms with Crippen molar-refractivity contribution in [1.29, 1.82) is 0 Å². The highest BCUT2D eigenvalue weighted by Gasteiger charge is 2.31. The fourth-order valence-corrected chi connectivity index (χ4v) is 3.91. The number of benzene rings is 2. The minimum absolute atomic E-state index is 0.0840. The van der Waals surface area contributed by atoms with Crippen molar-refractivity contribution in [3.63, 3.8) is 0 Å². The van der Waals surface area contributed by atoms with Crippen molar-refractivity contribution < 1.29 is 9.18 Å². The van der Waals surface area contributed by atoms with Crippen LogP contribution in [0.3, 0.4) is 0 Å². The van der Waals surface area contributed by atoms with E-state index in [1.807, 2.05) is 6.07 Å². The number of hydrogen-bond acceptors (Lipinski definition) is 2. The number of nitrogens with one attached hydrogen (secondary N) is 1. The first-order valence-corrected chi connectivity index (χ1v) is 9.55. The molecular weight excluding hydrogens is 327 g/mol. The molecule has 4 rings (SSSR count). The van der Waals surface area contributed by atoms with E-state index in [1.54, 1.807) is 12.1 Å². The predicted octanol–water partition coefficient (Wildman–Crippen LogP) is 3.98. The molecule has 1 atom stereocenters. The summed E-state index contributed by atoms with van der Waals surface area (Å²) in [6.07, 6.45) is 5.50. The van der Waals surface area contributed by atoms with Crippen LogP contribution in [0.1, 0.15) is 48.4 Å². The van der Waals surface area contributed by atoms with Gasteiger partial charge in [-0.15, -0.1) is 0 Å². The minimum Gasteiger partial charge on any atom is -0.348 e. The quantitative estimate of drug-likeness (QED) is 0.853. The first kappa shape index (κ1) is 17.2. The molecule has 2 aromatic carbocycles. The Labute approximate surface area is 154 Å². The highest BCUT2D eigenvalue weighted by atomic mass is 19.1. The van der Waals surface area contributed by atoms with E-state index in [2.05, 4.69) is 28.4 Å². The number of carbonyl (C=O) groups excluding carboxylic acids is 1. The average molecular weight is 352 g/mol. The van der Waals surface area contributed by atoms with Gasteiger partial charge in [0, 0.05) is 12.6 Å². The zero-order chi connectivity index (χ0) is 17.9. The molecule has 0 heterocycles. The Morgan fingerprint density at radius 2 is 1.85 bits per heavy atom. The van der Waals surface area contributed by atoms with E-state index in [1.165, 1.54) is 23.3 Å². The van der Waals surface area contributed by atoms with Crippen LogP contribution in [0.5, 0.6) is 0 Å². The van der Waals surface area contributed by atoms with Gasteiger partial charge in [0.1, 0.15) is 5.82 Å². The third-order valence-electron chi connectivity index (χ3n) is 5.41. The molecule has 0 spiro atoms. The highest BCUT2D eigenvalue weighted by molar-refractivity contribution is 5.78. The molecule has 2 aliphatic rings. The Hall–Kier alpha value is -2.20. The second-order valence-corrected chi connectivity index (χ2v) is 7.47. The lowest BCUT2D eigenvalue weighted by Crippen LogP contribution is -2.40. The first-order valence-electron chi connectivity index (χ1n) is 9.55. The molecule has 1 saturated carbocycles. The van der Waals surface area contributed by atoms with Crippen molar-refractivity contribution in [3.05, 3.63) is 71.0 Å². The van der Waals surface area contributed by atoms with Crippen molar-refractivity contribution in [2.75, 3.05) is 6.54 Å². The molecule has 0 radical (unpaired) electrons. The van der Waals surface area contributed by atoms with Gasteiger partial charge in [0.25, 0.3) is 0 Å². The lowest BCUT2D eigenvalue weighted by molar-refractivity contribution is -0.123. The van der Waals surface area contributed by atoms with Gasteiger partial charge in [-0.05, 0) is 60.9 Å². The van der Waals surface area contributed by atoms with Crippen molar-refractivity contribution in [2.45, 2.75) is 50.7 Å². The molecule has 26 heavy (non-hydrogen) atoms. The van der Waals surface area contributed by atoms with Gasteiger partial charge in [0.15, 0.2) is 0 Å². The van der Waals surface area contributed by atoms with Crippen LogP contribution < -0.4 is 5.32 Å². The Morgan fingerprint density at radius 1 is 1.08 bits per heavy atom. The van der Waals surface area contributed by atoms with Crippen LogP contribution >= 0.6 is 0 Å². The van der Waals surface area contributed by atoms with E-state index in [9.17, 15) is 9.18 Å². The zero-order valence-electron chi connectivity index (χ0n) is 15.0.